The van der Waals surface area contributed by atoms with Crippen molar-refractivity contribution in [2.45, 2.75) is 19.8 Å². The normalized spacial score (nSPS) is 11.8. The molecule has 0 aliphatic carbocycles. The number of nitrogens with zero attached hydrogens (tertiary/aromatic N) is 4. The molecule has 2 aromatic carbocycles. The first-order chi connectivity index (χ1) is 13.5. The molecule has 29 heavy (non-hydrogen) atoms. The second-order valence-electron chi connectivity index (χ2n) is 6.99. The van der Waals surface area contributed by atoms with Gasteiger partial charge in [-0.1, -0.05) is 18.9 Å². The number of hydrogen-bond acceptors (Lipinski definition) is 7. The molecule has 1 aromatic heterocycles. The molecule has 9 nitrogen and oxygen atoms in total. The van der Waals surface area contributed by atoms with E-state index in [1.807, 2.05) is 13.8 Å². The van der Waals surface area contributed by atoms with E-state index in [9.17, 15) is 23.7 Å². The van der Waals surface area contributed by atoms with Gasteiger partial charge in [-0.3, -0.25) is 4.31 Å². The maximum Gasteiger partial charge on any atom is 0.319 e. The van der Waals surface area contributed by atoms with Gasteiger partial charge in [-0.05, 0) is 41.8 Å². The average molecular weight is 418 g/mol. The van der Waals surface area contributed by atoms with E-state index < -0.39 is 16.0 Å². The molecule has 0 spiro atoms. The highest BCUT2D eigenvalue weighted by molar-refractivity contribution is 7.92. The minimum Gasteiger partial charge on any atom is -0.508 e. The summed E-state index contributed by atoms with van der Waals surface area (Å²) in [5, 5.41) is 38.3. The van der Waals surface area contributed by atoms with Crippen LogP contribution in [-0.4, -0.2) is 51.8 Å². The summed E-state index contributed by atoms with van der Waals surface area (Å²) < 4.78 is 25.9. The van der Waals surface area contributed by atoms with E-state index in [0.717, 1.165) is 10.6 Å². The summed E-state index contributed by atoms with van der Waals surface area (Å²) in [4.78, 5) is 0. The lowest BCUT2D eigenvalue weighted by Gasteiger charge is -2.17. The first-order valence-electron chi connectivity index (χ1n) is 8.75. The van der Waals surface area contributed by atoms with Crippen molar-refractivity contribution in [3.63, 3.8) is 0 Å². The van der Waals surface area contributed by atoms with Crippen LogP contribution in [0.3, 0.4) is 0 Å². The van der Waals surface area contributed by atoms with Crippen LogP contribution in [-0.2, 0) is 10.0 Å². The van der Waals surface area contributed by atoms with E-state index in [4.69, 9.17) is 0 Å². The minimum absolute atomic E-state index is 0.00914. The zero-order valence-corrected chi connectivity index (χ0v) is 17.2. The maximum atomic E-state index is 11.7. The first kappa shape index (κ1) is 20.5. The van der Waals surface area contributed by atoms with Gasteiger partial charge >= 0.3 is 6.01 Å². The third-order valence-electron chi connectivity index (χ3n) is 4.62. The molecule has 10 heteroatoms. The van der Waals surface area contributed by atoms with Gasteiger partial charge in [0.2, 0.25) is 10.0 Å². The summed E-state index contributed by atoms with van der Waals surface area (Å²) in [6.07, 6.45) is 1.10. The monoisotopic (exact) mass is 418 g/mol. The molecule has 0 aliphatic heterocycles. The number of sulfonamides is 1. The molecular formula is C19H22N4O5S. The standard InChI is InChI=1S/C19H22N4O5S/c1-11(2)14-9-15(17(25)10-16(14)24)18-20-21-19(26)23(18)13-7-5-12(6-8-13)22(3)29(4,27)28/h5-11,24-25H,1-4H3,(H,21,26). The van der Waals surface area contributed by atoms with Crippen molar-refractivity contribution < 1.29 is 23.7 Å². The van der Waals surface area contributed by atoms with Crippen molar-refractivity contribution in [3.8, 4) is 34.6 Å². The highest BCUT2D eigenvalue weighted by atomic mass is 32.2. The van der Waals surface area contributed by atoms with Crippen LogP contribution in [0.2, 0.25) is 0 Å². The van der Waals surface area contributed by atoms with Crippen LogP contribution in [0.25, 0.3) is 17.1 Å². The van der Waals surface area contributed by atoms with Gasteiger partial charge in [0.05, 0.1) is 23.2 Å². The van der Waals surface area contributed by atoms with Crippen LogP contribution in [0, 0.1) is 0 Å². The topological polar surface area (TPSA) is 129 Å². The summed E-state index contributed by atoms with van der Waals surface area (Å²) >= 11 is 0. The highest BCUT2D eigenvalue weighted by Crippen LogP contribution is 2.38. The molecule has 0 saturated heterocycles. The third kappa shape index (κ3) is 3.83. The van der Waals surface area contributed by atoms with Crippen molar-refractivity contribution in [3.05, 3.63) is 42.0 Å². The van der Waals surface area contributed by atoms with E-state index in [2.05, 4.69) is 10.2 Å². The molecule has 154 valence electrons. The number of phenolic OH excluding ortho intramolecular Hbond substituents is 2. The van der Waals surface area contributed by atoms with Crippen LogP contribution < -0.4 is 4.31 Å². The molecule has 0 fully saturated rings. The Bertz CT molecular complexity index is 1150. The summed E-state index contributed by atoms with van der Waals surface area (Å²) in [6.45, 7) is 3.80. The highest BCUT2D eigenvalue weighted by Gasteiger charge is 2.21. The zero-order valence-electron chi connectivity index (χ0n) is 16.4. The number of benzene rings is 2. The quantitative estimate of drug-likeness (QED) is 0.581. The molecule has 0 aliphatic rings. The largest absolute Gasteiger partial charge is 0.508 e. The molecule has 0 saturated carbocycles. The van der Waals surface area contributed by atoms with Crippen molar-refractivity contribution in [1.29, 1.82) is 0 Å². The van der Waals surface area contributed by atoms with Gasteiger partial charge in [-0.15, -0.1) is 5.10 Å². The van der Waals surface area contributed by atoms with Gasteiger partial charge in [-0.25, -0.2) is 13.0 Å². The molecule has 0 atom stereocenters. The summed E-state index contributed by atoms with van der Waals surface area (Å²) in [7, 11) is -1.97. The molecule has 0 bridgehead atoms. The predicted molar refractivity (Wildman–Crippen MR) is 109 cm³/mol. The first-order valence-corrected chi connectivity index (χ1v) is 10.6. The van der Waals surface area contributed by atoms with Crippen LogP contribution in [0.15, 0.2) is 36.4 Å². The molecular weight excluding hydrogens is 396 g/mol. The average Bonchev–Trinajstić information content (AvgIpc) is 3.01. The number of aromatic hydroxyl groups is 3. The van der Waals surface area contributed by atoms with Gasteiger partial charge in [0.25, 0.3) is 0 Å². The van der Waals surface area contributed by atoms with E-state index in [-0.39, 0.29) is 28.8 Å². The number of hydrogen-bond donors (Lipinski definition) is 3. The number of rotatable bonds is 5. The molecule has 3 aromatic rings. The minimum atomic E-state index is -3.41. The van der Waals surface area contributed by atoms with Crippen molar-refractivity contribution in [1.82, 2.24) is 14.8 Å². The Morgan fingerprint density at radius 2 is 1.62 bits per heavy atom. The Kier molecular flexibility index (Phi) is 5.14. The third-order valence-corrected chi connectivity index (χ3v) is 5.83. The number of anilines is 1. The predicted octanol–water partition coefficient (Wildman–Crippen LogP) is 2.57. The zero-order chi connectivity index (χ0) is 21.5. The summed E-state index contributed by atoms with van der Waals surface area (Å²) in [5.74, 6) is -0.0880. The molecule has 0 unspecified atom stereocenters. The summed E-state index contributed by atoms with van der Waals surface area (Å²) in [6, 6.07) is 8.79. The maximum absolute atomic E-state index is 11.7. The Hall–Kier alpha value is -3.27. The van der Waals surface area contributed by atoms with Crippen LogP contribution in [0.5, 0.6) is 17.5 Å². The Morgan fingerprint density at radius 1 is 1.00 bits per heavy atom. The molecule has 1 heterocycles. The number of phenols is 2. The van der Waals surface area contributed by atoms with E-state index in [0.29, 0.717) is 16.9 Å². The van der Waals surface area contributed by atoms with E-state index in [1.165, 1.54) is 17.7 Å². The number of aromatic nitrogens is 3. The fraction of sp³-hybridized carbons (Fsp3) is 0.263. The fourth-order valence-corrected chi connectivity index (χ4v) is 3.43. The Balaban J connectivity index is 2.12. The Labute approximate surface area is 168 Å². The van der Waals surface area contributed by atoms with Crippen molar-refractivity contribution in [2.24, 2.45) is 0 Å². The molecule has 3 N–H and O–H groups in total. The lowest BCUT2D eigenvalue weighted by atomic mass is 9.98. The van der Waals surface area contributed by atoms with E-state index >= 15 is 0 Å². The second kappa shape index (κ2) is 7.28. The fourth-order valence-electron chi connectivity index (χ4n) is 2.93. The van der Waals surface area contributed by atoms with Gasteiger partial charge in [0.1, 0.15) is 11.5 Å². The SMILES string of the molecule is CC(C)c1cc(-c2nnc(O)n2-c2ccc(N(C)S(C)(=O)=O)cc2)c(O)cc1O. The molecule has 3 rings (SSSR count). The van der Waals surface area contributed by atoms with Gasteiger partial charge < -0.3 is 15.3 Å². The van der Waals surface area contributed by atoms with Gasteiger partial charge in [0, 0.05) is 13.1 Å². The van der Waals surface area contributed by atoms with Crippen molar-refractivity contribution >= 4 is 15.7 Å². The van der Waals surface area contributed by atoms with Gasteiger partial charge in [0.15, 0.2) is 5.82 Å². The summed E-state index contributed by atoms with van der Waals surface area (Å²) in [5.41, 5.74) is 1.81. The van der Waals surface area contributed by atoms with Crippen LogP contribution >= 0.6 is 0 Å². The van der Waals surface area contributed by atoms with Crippen LogP contribution in [0.1, 0.15) is 25.3 Å². The molecule has 0 radical (unpaired) electrons. The second-order valence-corrected chi connectivity index (χ2v) is 9.00. The van der Waals surface area contributed by atoms with E-state index in [1.54, 1.807) is 30.3 Å². The molecule has 0 amide bonds. The van der Waals surface area contributed by atoms with Crippen molar-refractivity contribution in [2.75, 3.05) is 17.6 Å². The Morgan fingerprint density at radius 3 is 2.17 bits per heavy atom. The van der Waals surface area contributed by atoms with Gasteiger partial charge in [-0.2, -0.15) is 0 Å². The lowest BCUT2D eigenvalue weighted by Crippen LogP contribution is -2.24. The van der Waals surface area contributed by atoms with Crippen LogP contribution in [0.4, 0.5) is 5.69 Å². The lowest BCUT2D eigenvalue weighted by molar-refractivity contribution is 0.420. The smallest absolute Gasteiger partial charge is 0.319 e.